The molecule has 0 aliphatic heterocycles. The Morgan fingerprint density at radius 1 is 1.28 bits per heavy atom. The maximum atomic E-state index is 9.71. The van der Waals surface area contributed by atoms with Crippen molar-refractivity contribution in [1.82, 2.24) is 5.32 Å². The van der Waals surface area contributed by atoms with Crippen LogP contribution in [0.15, 0.2) is 0 Å². The van der Waals surface area contributed by atoms with Crippen molar-refractivity contribution in [1.29, 1.82) is 0 Å². The summed E-state index contributed by atoms with van der Waals surface area (Å²) >= 11 is 0. The quantitative estimate of drug-likeness (QED) is 0.653. The van der Waals surface area contributed by atoms with E-state index in [9.17, 15) is 5.11 Å². The zero-order valence-electron chi connectivity index (χ0n) is 11.9. The molecule has 0 aromatic carbocycles. The Bertz CT molecular complexity index is 245. The van der Waals surface area contributed by atoms with E-state index in [1.54, 1.807) is 0 Å². The monoisotopic (exact) mass is 255 g/mol. The second kappa shape index (κ2) is 6.88. The Hall–Kier alpha value is -0.120. The Morgan fingerprint density at radius 2 is 2.11 bits per heavy atom. The van der Waals surface area contributed by atoms with Gasteiger partial charge in [-0.2, -0.15) is 0 Å². The summed E-state index contributed by atoms with van der Waals surface area (Å²) < 4.78 is 5.61. The van der Waals surface area contributed by atoms with Crippen LogP contribution in [-0.4, -0.2) is 37.0 Å². The molecule has 106 valence electrons. The first-order valence-corrected chi connectivity index (χ1v) is 7.64. The number of hydrogen-bond donors (Lipinski definition) is 2. The third-order valence-electron chi connectivity index (χ3n) is 4.59. The fourth-order valence-electron chi connectivity index (χ4n) is 3.61. The molecule has 3 heteroatoms. The van der Waals surface area contributed by atoms with Crippen molar-refractivity contribution in [2.75, 3.05) is 19.8 Å². The number of aliphatic hydroxyl groups excluding tert-OH is 1. The Morgan fingerprint density at radius 3 is 2.72 bits per heavy atom. The van der Waals surface area contributed by atoms with Gasteiger partial charge in [-0.1, -0.05) is 20.3 Å². The van der Waals surface area contributed by atoms with E-state index in [1.807, 2.05) is 0 Å². The SMILES string of the molecule is CC(C)NC[C@H](O)COCC[C@H]1C[C@@H]2CC[C@@H]1C2. The molecule has 0 unspecified atom stereocenters. The molecule has 2 saturated carbocycles. The molecule has 2 aliphatic carbocycles. The van der Waals surface area contributed by atoms with Gasteiger partial charge in [-0.05, 0) is 43.4 Å². The summed E-state index contributed by atoms with van der Waals surface area (Å²) in [6.45, 7) is 6.10. The number of hydrogen-bond acceptors (Lipinski definition) is 3. The van der Waals surface area contributed by atoms with Gasteiger partial charge >= 0.3 is 0 Å². The standard InChI is InChI=1S/C15H29NO2/c1-11(2)16-9-15(17)10-18-6-5-14-8-12-3-4-13(14)7-12/h11-17H,3-10H2,1-2H3/t12-,13-,14+,15+/m1/s1. The first kappa shape index (κ1) is 14.3. The lowest BCUT2D eigenvalue weighted by molar-refractivity contribution is 0.0283. The lowest BCUT2D eigenvalue weighted by Gasteiger charge is -2.21. The van der Waals surface area contributed by atoms with E-state index in [2.05, 4.69) is 19.2 Å². The second-order valence-electron chi connectivity index (χ2n) is 6.52. The molecule has 2 N–H and O–H groups in total. The molecule has 2 fully saturated rings. The summed E-state index contributed by atoms with van der Waals surface area (Å²) in [5.74, 6) is 2.93. The maximum Gasteiger partial charge on any atom is 0.0897 e. The predicted molar refractivity (Wildman–Crippen MR) is 73.5 cm³/mol. The van der Waals surface area contributed by atoms with Gasteiger partial charge in [-0.3, -0.25) is 0 Å². The third kappa shape index (κ3) is 4.22. The lowest BCUT2D eigenvalue weighted by atomic mass is 9.87. The first-order valence-electron chi connectivity index (χ1n) is 7.64. The molecule has 0 aromatic heterocycles. The molecule has 0 spiro atoms. The van der Waals surface area contributed by atoms with Crippen LogP contribution < -0.4 is 5.32 Å². The highest BCUT2D eigenvalue weighted by Crippen LogP contribution is 2.49. The van der Waals surface area contributed by atoms with Crippen LogP contribution in [0.1, 0.15) is 46.0 Å². The lowest BCUT2D eigenvalue weighted by Crippen LogP contribution is -2.34. The molecule has 2 rings (SSSR count). The first-order chi connectivity index (χ1) is 8.65. The molecule has 2 bridgehead atoms. The second-order valence-corrected chi connectivity index (χ2v) is 6.52. The van der Waals surface area contributed by atoms with E-state index in [0.717, 1.165) is 24.4 Å². The van der Waals surface area contributed by atoms with Gasteiger partial charge in [-0.15, -0.1) is 0 Å². The summed E-state index contributed by atoms with van der Waals surface area (Å²) in [6, 6.07) is 0.425. The van der Waals surface area contributed by atoms with Crippen LogP contribution >= 0.6 is 0 Å². The smallest absolute Gasteiger partial charge is 0.0897 e. The van der Waals surface area contributed by atoms with Crippen LogP contribution in [-0.2, 0) is 4.74 Å². The van der Waals surface area contributed by atoms with Gasteiger partial charge in [0.25, 0.3) is 0 Å². The molecule has 18 heavy (non-hydrogen) atoms. The minimum Gasteiger partial charge on any atom is -0.389 e. The normalized spacial score (nSPS) is 32.3. The van der Waals surface area contributed by atoms with Crippen molar-refractivity contribution in [3.05, 3.63) is 0 Å². The largest absolute Gasteiger partial charge is 0.389 e. The van der Waals surface area contributed by atoms with Crippen molar-refractivity contribution in [3.63, 3.8) is 0 Å². The average Bonchev–Trinajstić information content (AvgIpc) is 2.94. The number of aliphatic hydroxyl groups is 1. The van der Waals surface area contributed by atoms with E-state index >= 15 is 0 Å². The van der Waals surface area contributed by atoms with E-state index < -0.39 is 0 Å². The van der Waals surface area contributed by atoms with Crippen molar-refractivity contribution < 1.29 is 9.84 Å². The molecule has 0 aromatic rings. The Kier molecular flexibility index (Phi) is 5.46. The number of fused-ring (bicyclic) bond motifs is 2. The van der Waals surface area contributed by atoms with E-state index in [0.29, 0.717) is 19.2 Å². The maximum absolute atomic E-state index is 9.71. The zero-order chi connectivity index (χ0) is 13.0. The number of ether oxygens (including phenoxy) is 1. The summed E-state index contributed by atoms with van der Waals surface area (Å²) in [4.78, 5) is 0. The van der Waals surface area contributed by atoms with Gasteiger partial charge in [0.05, 0.1) is 12.7 Å². The minimum absolute atomic E-state index is 0.368. The van der Waals surface area contributed by atoms with Gasteiger partial charge in [0.1, 0.15) is 0 Å². The molecule has 0 radical (unpaired) electrons. The third-order valence-corrected chi connectivity index (χ3v) is 4.59. The summed E-state index contributed by atoms with van der Waals surface area (Å²) in [5, 5.41) is 12.9. The summed E-state index contributed by atoms with van der Waals surface area (Å²) in [5.41, 5.74) is 0. The highest BCUT2D eigenvalue weighted by Gasteiger charge is 2.38. The summed E-state index contributed by atoms with van der Waals surface area (Å²) in [7, 11) is 0. The van der Waals surface area contributed by atoms with Crippen molar-refractivity contribution >= 4 is 0 Å². The van der Waals surface area contributed by atoms with Gasteiger partial charge in [-0.25, -0.2) is 0 Å². The van der Waals surface area contributed by atoms with E-state index in [-0.39, 0.29) is 6.10 Å². The molecule has 0 amide bonds. The van der Waals surface area contributed by atoms with Crippen LogP contribution in [0.5, 0.6) is 0 Å². The van der Waals surface area contributed by atoms with Gasteiger partial charge < -0.3 is 15.2 Å². The highest BCUT2D eigenvalue weighted by atomic mass is 16.5. The Balaban J connectivity index is 1.48. The topological polar surface area (TPSA) is 41.5 Å². The van der Waals surface area contributed by atoms with Crippen LogP contribution in [0, 0.1) is 17.8 Å². The molecule has 0 saturated heterocycles. The molecule has 3 nitrogen and oxygen atoms in total. The molecule has 0 heterocycles. The Labute approximate surface area is 111 Å². The van der Waals surface area contributed by atoms with Crippen molar-refractivity contribution in [2.24, 2.45) is 17.8 Å². The molecular formula is C15H29NO2. The summed E-state index contributed by atoms with van der Waals surface area (Å²) in [6.07, 6.45) is 6.67. The molecule has 4 atom stereocenters. The van der Waals surface area contributed by atoms with Crippen LogP contribution in [0.3, 0.4) is 0 Å². The number of rotatable bonds is 8. The zero-order valence-corrected chi connectivity index (χ0v) is 11.9. The predicted octanol–water partition coefficient (Wildman–Crippen LogP) is 2.19. The van der Waals surface area contributed by atoms with Crippen LogP contribution in [0.4, 0.5) is 0 Å². The molecular weight excluding hydrogens is 226 g/mol. The van der Waals surface area contributed by atoms with Gasteiger partial charge in [0.2, 0.25) is 0 Å². The fourth-order valence-corrected chi connectivity index (χ4v) is 3.61. The highest BCUT2D eigenvalue weighted by molar-refractivity contribution is 4.89. The van der Waals surface area contributed by atoms with Gasteiger partial charge in [0, 0.05) is 19.2 Å². The minimum atomic E-state index is -0.368. The number of nitrogens with one attached hydrogen (secondary N) is 1. The van der Waals surface area contributed by atoms with Crippen molar-refractivity contribution in [3.8, 4) is 0 Å². The average molecular weight is 255 g/mol. The van der Waals surface area contributed by atoms with Crippen LogP contribution in [0.25, 0.3) is 0 Å². The molecule has 2 aliphatic rings. The van der Waals surface area contributed by atoms with Gasteiger partial charge in [0.15, 0.2) is 0 Å². The van der Waals surface area contributed by atoms with E-state index in [1.165, 1.54) is 32.1 Å². The fraction of sp³-hybridized carbons (Fsp3) is 1.00. The van der Waals surface area contributed by atoms with E-state index in [4.69, 9.17) is 4.74 Å². The van der Waals surface area contributed by atoms with Crippen molar-refractivity contribution in [2.45, 2.75) is 58.1 Å². The van der Waals surface area contributed by atoms with Crippen LogP contribution in [0.2, 0.25) is 0 Å².